The standard InChI is InChI=1S/C14H14F2N4O2/c1-20-12(4-7-18-20)14(22)17-6-5-13(21)19-11-8-9(15)2-3-10(11)16/h2-4,7-8H,5-6H2,1H3,(H,17,22)(H,19,21). The van der Waals surface area contributed by atoms with E-state index in [2.05, 4.69) is 15.7 Å². The van der Waals surface area contributed by atoms with Gasteiger partial charge in [0, 0.05) is 32.3 Å². The van der Waals surface area contributed by atoms with Gasteiger partial charge in [-0.25, -0.2) is 8.78 Å². The second-order valence-electron chi connectivity index (χ2n) is 4.52. The fraction of sp³-hybridized carbons (Fsp3) is 0.214. The normalized spacial score (nSPS) is 10.3. The largest absolute Gasteiger partial charge is 0.350 e. The fourth-order valence-electron chi connectivity index (χ4n) is 1.78. The van der Waals surface area contributed by atoms with Gasteiger partial charge in [0.05, 0.1) is 5.69 Å². The number of anilines is 1. The highest BCUT2D eigenvalue weighted by molar-refractivity contribution is 5.94. The number of hydrogen-bond donors (Lipinski definition) is 2. The first-order valence-electron chi connectivity index (χ1n) is 6.48. The molecule has 2 aromatic rings. The molecule has 0 fully saturated rings. The van der Waals surface area contributed by atoms with E-state index in [0.29, 0.717) is 5.69 Å². The van der Waals surface area contributed by atoms with E-state index < -0.39 is 17.5 Å². The van der Waals surface area contributed by atoms with E-state index in [-0.39, 0.29) is 24.6 Å². The van der Waals surface area contributed by atoms with Gasteiger partial charge in [-0.3, -0.25) is 14.3 Å². The van der Waals surface area contributed by atoms with Crippen LogP contribution >= 0.6 is 0 Å². The monoisotopic (exact) mass is 308 g/mol. The van der Waals surface area contributed by atoms with Gasteiger partial charge in [-0.1, -0.05) is 0 Å². The lowest BCUT2D eigenvalue weighted by Crippen LogP contribution is -2.29. The quantitative estimate of drug-likeness (QED) is 0.878. The number of aromatic nitrogens is 2. The topological polar surface area (TPSA) is 76.0 Å². The number of benzene rings is 1. The lowest BCUT2D eigenvalue weighted by atomic mass is 10.2. The third kappa shape index (κ3) is 3.87. The van der Waals surface area contributed by atoms with Gasteiger partial charge in [0.25, 0.3) is 5.91 Å². The van der Waals surface area contributed by atoms with Crippen molar-refractivity contribution in [3.8, 4) is 0 Å². The Kier molecular flexibility index (Phi) is 4.82. The number of halogens is 2. The molecule has 0 aliphatic carbocycles. The molecule has 0 aliphatic rings. The maximum absolute atomic E-state index is 13.3. The summed E-state index contributed by atoms with van der Waals surface area (Å²) in [5, 5.41) is 8.64. The zero-order chi connectivity index (χ0) is 16.1. The van der Waals surface area contributed by atoms with E-state index in [1.165, 1.54) is 16.9 Å². The van der Waals surface area contributed by atoms with Crippen LogP contribution in [0.5, 0.6) is 0 Å². The van der Waals surface area contributed by atoms with Gasteiger partial charge in [-0.2, -0.15) is 5.10 Å². The molecule has 0 bridgehead atoms. The van der Waals surface area contributed by atoms with Gasteiger partial charge in [0.1, 0.15) is 17.3 Å². The summed E-state index contributed by atoms with van der Waals surface area (Å²) in [6, 6.07) is 4.31. The maximum Gasteiger partial charge on any atom is 0.269 e. The van der Waals surface area contributed by atoms with Crippen LogP contribution in [0.1, 0.15) is 16.9 Å². The summed E-state index contributed by atoms with van der Waals surface area (Å²) in [6.07, 6.45) is 1.41. The number of carbonyl (C=O) groups is 2. The van der Waals surface area contributed by atoms with Crippen LogP contribution in [0.15, 0.2) is 30.5 Å². The number of nitrogens with one attached hydrogen (secondary N) is 2. The van der Waals surface area contributed by atoms with Crippen molar-refractivity contribution in [2.75, 3.05) is 11.9 Å². The fourth-order valence-corrected chi connectivity index (χ4v) is 1.78. The van der Waals surface area contributed by atoms with E-state index in [1.807, 2.05) is 0 Å². The molecule has 0 atom stereocenters. The van der Waals surface area contributed by atoms with Crippen molar-refractivity contribution < 1.29 is 18.4 Å². The Bertz CT molecular complexity index is 700. The van der Waals surface area contributed by atoms with Crippen LogP contribution in [-0.4, -0.2) is 28.1 Å². The molecule has 0 radical (unpaired) electrons. The molecule has 1 aromatic heterocycles. The minimum absolute atomic E-state index is 0.0623. The van der Waals surface area contributed by atoms with Crippen LogP contribution < -0.4 is 10.6 Å². The minimum Gasteiger partial charge on any atom is -0.350 e. The average Bonchev–Trinajstić information content (AvgIpc) is 2.89. The number of nitrogens with zero attached hydrogens (tertiary/aromatic N) is 2. The minimum atomic E-state index is -0.728. The van der Waals surface area contributed by atoms with Gasteiger partial charge in [-0.15, -0.1) is 0 Å². The summed E-state index contributed by atoms with van der Waals surface area (Å²) in [5.41, 5.74) is 0.125. The molecular weight excluding hydrogens is 294 g/mol. The van der Waals surface area contributed by atoms with Gasteiger partial charge >= 0.3 is 0 Å². The second-order valence-corrected chi connectivity index (χ2v) is 4.52. The number of carbonyl (C=O) groups excluding carboxylic acids is 2. The number of amides is 2. The molecular formula is C14H14F2N4O2. The molecule has 0 saturated carbocycles. The molecule has 2 N–H and O–H groups in total. The summed E-state index contributed by atoms with van der Waals surface area (Å²) in [7, 11) is 1.62. The molecule has 0 aliphatic heterocycles. The van der Waals surface area contributed by atoms with Crippen molar-refractivity contribution in [2.45, 2.75) is 6.42 Å². The number of rotatable bonds is 5. The lowest BCUT2D eigenvalue weighted by Gasteiger charge is -2.08. The molecule has 1 heterocycles. The van der Waals surface area contributed by atoms with Crippen LogP contribution in [0.3, 0.4) is 0 Å². The van der Waals surface area contributed by atoms with E-state index in [0.717, 1.165) is 18.2 Å². The van der Waals surface area contributed by atoms with Crippen LogP contribution in [0.4, 0.5) is 14.5 Å². The Morgan fingerprint density at radius 1 is 1.27 bits per heavy atom. The Morgan fingerprint density at radius 3 is 2.73 bits per heavy atom. The molecule has 1 aromatic carbocycles. The van der Waals surface area contributed by atoms with E-state index in [4.69, 9.17) is 0 Å². The maximum atomic E-state index is 13.3. The molecule has 0 unspecified atom stereocenters. The van der Waals surface area contributed by atoms with Gasteiger partial charge in [0.2, 0.25) is 5.91 Å². The second kappa shape index (κ2) is 6.79. The third-order valence-corrected chi connectivity index (χ3v) is 2.89. The van der Waals surface area contributed by atoms with Gasteiger partial charge in [0.15, 0.2) is 0 Å². The Morgan fingerprint density at radius 2 is 2.05 bits per heavy atom. The van der Waals surface area contributed by atoms with E-state index >= 15 is 0 Å². The first-order chi connectivity index (χ1) is 10.5. The molecule has 22 heavy (non-hydrogen) atoms. The van der Waals surface area contributed by atoms with Crippen molar-refractivity contribution >= 4 is 17.5 Å². The predicted octanol–water partition coefficient (Wildman–Crippen LogP) is 1.46. The van der Waals surface area contributed by atoms with Gasteiger partial charge < -0.3 is 10.6 Å². The first-order valence-corrected chi connectivity index (χ1v) is 6.48. The van der Waals surface area contributed by atoms with Crippen LogP contribution in [-0.2, 0) is 11.8 Å². The summed E-state index contributed by atoms with van der Waals surface area (Å²) in [4.78, 5) is 23.4. The number of hydrogen-bond acceptors (Lipinski definition) is 3. The average molecular weight is 308 g/mol. The molecule has 2 rings (SSSR count). The van der Waals surface area contributed by atoms with Crippen molar-refractivity contribution in [2.24, 2.45) is 7.05 Å². The third-order valence-electron chi connectivity index (χ3n) is 2.89. The Labute approximate surface area is 125 Å². The molecule has 8 heteroatoms. The van der Waals surface area contributed by atoms with Crippen molar-refractivity contribution in [1.29, 1.82) is 0 Å². The summed E-state index contributed by atoms with van der Waals surface area (Å²) in [5.74, 6) is -2.28. The molecule has 0 spiro atoms. The van der Waals surface area contributed by atoms with Crippen LogP contribution in [0.2, 0.25) is 0 Å². The zero-order valence-electron chi connectivity index (χ0n) is 11.8. The summed E-state index contributed by atoms with van der Waals surface area (Å²) in [6.45, 7) is 0.0623. The molecule has 0 saturated heterocycles. The summed E-state index contributed by atoms with van der Waals surface area (Å²) >= 11 is 0. The van der Waals surface area contributed by atoms with Crippen LogP contribution in [0, 0.1) is 11.6 Å². The van der Waals surface area contributed by atoms with Crippen molar-refractivity contribution in [3.05, 3.63) is 47.8 Å². The van der Waals surface area contributed by atoms with Crippen LogP contribution in [0.25, 0.3) is 0 Å². The highest BCUT2D eigenvalue weighted by Crippen LogP contribution is 2.15. The lowest BCUT2D eigenvalue weighted by molar-refractivity contribution is -0.116. The smallest absolute Gasteiger partial charge is 0.269 e. The van der Waals surface area contributed by atoms with E-state index in [1.54, 1.807) is 7.05 Å². The van der Waals surface area contributed by atoms with Gasteiger partial charge in [-0.05, 0) is 18.2 Å². The Hall–Kier alpha value is -2.77. The zero-order valence-corrected chi connectivity index (χ0v) is 11.8. The first kappa shape index (κ1) is 15.6. The van der Waals surface area contributed by atoms with Crippen molar-refractivity contribution in [1.82, 2.24) is 15.1 Å². The summed E-state index contributed by atoms with van der Waals surface area (Å²) < 4.78 is 27.7. The SMILES string of the molecule is Cn1nccc1C(=O)NCCC(=O)Nc1cc(F)ccc1F. The highest BCUT2D eigenvalue weighted by Gasteiger charge is 2.11. The number of aryl methyl sites for hydroxylation is 1. The highest BCUT2D eigenvalue weighted by atomic mass is 19.1. The predicted molar refractivity (Wildman–Crippen MR) is 75.1 cm³/mol. The van der Waals surface area contributed by atoms with E-state index in [9.17, 15) is 18.4 Å². The molecule has 116 valence electrons. The van der Waals surface area contributed by atoms with Crippen molar-refractivity contribution in [3.63, 3.8) is 0 Å². The molecule has 2 amide bonds. The molecule has 6 nitrogen and oxygen atoms in total. The Balaban J connectivity index is 1.82.